The molecule has 0 aliphatic carbocycles. The molecule has 5 heteroatoms. The van der Waals surface area contributed by atoms with Crippen molar-refractivity contribution in [3.05, 3.63) is 53.6 Å². The maximum Gasteiger partial charge on any atom is 0.0683 e. The Kier molecular flexibility index (Phi) is 5.49. The number of hydrogen-bond acceptors (Lipinski definition) is 2. The Morgan fingerprint density at radius 3 is 2.53 bits per heavy atom. The second-order valence-corrected chi connectivity index (χ2v) is 7.76. The van der Waals surface area contributed by atoms with Crippen LogP contribution in [0.2, 0.25) is 5.02 Å². The lowest BCUT2D eigenvalue weighted by Crippen LogP contribution is -2.21. The largest absolute Gasteiger partial charge is 0.306 e. The maximum atomic E-state index is 6.16. The summed E-state index contributed by atoms with van der Waals surface area (Å²) >= 11 is 15.1. The minimum Gasteiger partial charge on any atom is -0.306 e. The molecule has 0 aliphatic rings. The van der Waals surface area contributed by atoms with Gasteiger partial charge in [0.25, 0.3) is 0 Å². The molecule has 0 fully saturated rings. The topological polar surface area (TPSA) is 12.0 Å². The van der Waals surface area contributed by atoms with Gasteiger partial charge in [-0.15, -0.1) is 11.3 Å². The minimum atomic E-state index is 0.160. The first-order chi connectivity index (χ1) is 9.01. The van der Waals surface area contributed by atoms with E-state index in [-0.39, 0.29) is 6.04 Å². The normalized spacial score (nSPS) is 12.7. The van der Waals surface area contributed by atoms with Gasteiger partial charge >= 0.3 is 0 Å². The minimum absolute atomic E-state index is 0.160. The first-order valence-electron chi connectivity index (χ1n) is 5.96. The third kappa shape index (κ3) is 3.82. The lowest BCUT2D eigenvalue weighted by molar-refractivity contribution is 0.638. The van der Waals surface area contributed by atoms with Crippen molar-refractivity contribution in [2.24, 2.45) is 0 Å². The third-order valence-corrected chi connectivity index (χ3v) is 5.43. The molecule has 0 aliphatic heterocycles. The van der Waals surface area contributed by atoms with Crippen LogP contribution in [-0.2, 0) is 0 Å². The van der Waals surface area contributed by atoms with Gasteiger partial charge in [0.15, 0.2) is 0 Å². The van der Waals surface area contributed by atoms with Crippen LogP contribution >= 0.6 is 54.8 Å². The Bertz CT molecular complexity index is 563. The fourth-order valence-electron chi connectivity index (χ4n) is 2.01. The van der Waals surface area contributed by atoms with E-state index in [1.165, 1.54) is 15.3 Å². The summed E-state index contributed by atoms with van der Waals surface area (Å²) in [7, 11) is 0. The van der Waals surface area contributed by atoms with Crippen molar-refractivity contribution in [1.82, 2.24) is 5.32 Å². The average Bonchev–Trinajstić information content (AvgIpc) is 2.64. The van der Waals surface area contributed by atoms with E-state index < -0.39 is 0 Å². The Labute approximate surface area is 139 Å². The Morgan fingerprint density at radius 2 is 2.00 bits per heavy atom. The second kappa shape index (κ2) is 6.72. The van der Waals surface area contributed by atoms with Crippen LogP contribution in [0.4, 0.5) is 0 Å². The molecule has 1 heterocycles. The van der Waals surface area contributed by atoms with Crippen molar-refractivity contribution in [3.8, 4) is 0 Å². The number of halogens is 3. The van der Waals surface area contributed by atoms with Crippen molar-refractivity contribution in [2.45, 2.75) is 19.9 Å². The van der Waals surface area contributed by atoms with Crippen molar-refractivity contribution in [3.63, 3.8) is 0 Å². The molecule has 102 valence electrons. The Hall–Kier alpha value is 0.130. The molecule has 1 unspecified atom stereocenters. The number of nitrogens with one attached hydrogen (secondary N) is 1. The van der Waals surface area contributed by atoms with E-state index in [0.717, 1.165) is 20.5 Å². The molecule has 0 radical (unpaired) electrons. The molecule has 2 rings (SSSR count). The zero-order chi connectivity index (χ0) is 14.0. The second-order valence-electron chi connectivity index (χ2n) is 4.26. The molecule has 0 saturated carbocycles. The standard InChI is InChI=1S/C14H14Br2ClNS/c1-3-18-13(14-12(16)4-8(2)19-14)9-5-10(15)7-11(17)6-9/h4-7,13,18H,3H2,1-2H3. The summed E-state index contributed by atoms with van der Waals surface area (Å²) in [4.78, 5) is 2.58. The molecule has 0 saturated heterocycles. The van der Waals surface area contributed by atoms with Crippen molar-refractivity contribution in [1.29, 1.82) is 0 Å². The van der Waals surface area contributed by atoms with Gasteiger partial charge < -0.3 is 5.32 Å². The Morgan fingerprint density at radius 1 is 1.26 bits per heavy atom. The maximum absolute atomic E-state index is 6.16. The summed E-state index contributed by atoms with van der Waals surface area (Å²) in [5.41, 5.74) is 1.17. The van der Waals surface area contributed by atoms with E-state index in [9.17, 15) is 0 Å². The smallest absolute Gasteiger partial charge is 0.0683 e. The van der Waals surface area contributed by atoms with Crippen molar-refractivity contribution < 1.29 is 0 Å². The van der Waals surface area contributed by atoms with Gasteiger partial charge in [-0.1, -0.05) is 34.5 Å². The van der Waals surface area contributed by atoms with E-state index in [1.807, 2.05) is 12.1 Å². The zero-order valence-electron chi connectivity index (χ0n) is 10.6. The number of benzene rings is 1. The summed E-state index contributed by atoms with van der Waals surface area (Å²) in [5, 5.41) is 4.27. The molecular formula is C14H14Br2ClNS. The quantitative estimate of drug-likeness (QED) is 0.642. The fourth-order valence-corrected chi connectivity index (χ4v) is 4.88. The predicted molar refractivity (Wildman–Crippen MR) is 91.4 cm³/mol. The highest BCUT2D eigenvalue weighted by Crippen LogP contribution is 2.37. The van der Waals surface area contributed by atoms with E-state index in [2.05, 4.69) is 63.2 Å². The van der Waals surface area contributed by atoms with Gasteiger partial charge in [-0.05, 0) is 59.2 Å². The van der Waals surface area contributed by atoms with Crippen LogP contribution < -0.4 is 5.32 Å². The summed E-state index contributed by atoms with van der Waals surface area (Å²) in [6, 6.07) is 8.35. The summed E-state index contributed by atoms with van der Waals surface area (Å²) in [6.07, 6.45) is 0. The van der Waals surface area contributed by atoms with Crippen molar-refractivity contribution >= 4 is 54.8 Å². The van der Waals surface area contributed by atoms with Crippen LogP contribution in [0.25, 0.3) is 0 Å². The summed E-state index contributed by atoms with van der Waals surface area (Å²) in [5.74, 6) is 0. The monoisotopic (exact) mass is 421 g/mol. The number of thiophene rings is 1. The zero-order valence-corrected chi connectivity index (χ0v) is 15.4. The van der Waals surface area contributed by atoms with Gasteiger partial charge in [-0.3, -0.25) is 0 Å². The third-order valence-electron chi connectivity index (χ3n) is 2.72. The molecule has 1 aromatic heterocycles. The molecule has 1 nitrogen and oxygen atoms in total. The van der Waals surface area contributed by atoms with Gasteiger partial charge in [0, 0.05) is 23.7 Å². The summed E-state index contributed by atoms with van der Waals surface area (Å²) in [6.45, 7) is 5.13. The van der Waals surface area contributed by atoms with Crippen LogP contribution in [0.1, 0.15) is 28.3 Å². The molecule has 1 aromatic carbocycles. The summed E-state index contributed by atoms with van der Waals surface area (Å²) < 4.78 is 2.15. The number of hydrogen-bond donors (Lipinski definition) is 1. The van der Waals surface area contributed by atoms with Crippen LogP contribution in [0.15, 0.2) is 33.2 Å². The lowest BCUT2D eigenvalue weighted by atomic mass is 10.1. The molecular weight excluding hydrogens is 409 g/mol. The Balaban J connectivity index is 2.47. The highest BCUT2D eigenvalue weighted by atomic mass is 79.9. The predicted octanol–water partition coefficient (Wildman–Crippen LogP) is 5.93. The first kappa shape index (κ1) is 15.5. The van der Waals surface area contributed by atoms with Gasteiger partial charge in [-0.25, -0.2) is 0 Å². The van der Waals surface area contributed by atoms with E-state index in [1.54, 1.807) is 11.3 Å². The molecule has 0 spiro atoms. The highest BCUT2D eigenvalue weighted by molar-refractivity contribution is 9.10. The van der Waals surface area contributed by atoms with Crippen molar-refractivity contribution in [2.75, 3.05) is 6.54 Å². The average molecular weight is 424 g/mol. The number of rotatable bonds is 4. The molecule has 0 amide bonds. The van der Waals surface area contributed by atoms with Gasteiger partial charge in [0.2, 0.25) is 0 Å². The van der Waals surface area contributed by atoms with E-state index in [4.69, 9.17) is 11.6 Å². The van der Waals surface area contributed by atoms with Gasteiger partial charge in [0.1, 0.15) is 0 Å². The van der Waals surface area contributed by atoms with Gasteiger partial charge in [-0.2, -0.15) is 0 Å². The molecule has 2 aromatic rings. The van der Waals surface area contributed by atoms with Gasteiger partial charge in [0.05, 0.1) is 6.04 Å². The fraction of sp³-hybridized carbons (Fsp3) is 0.286. The highest BCUT2D eigenvalue weighted by Gasteiger charge is 2.19. The molecule has 0 bridgehead atoms. The molecule has 1 atom stereocenters. The number of aryl methyl sites for hydroxylation is 1. The molecule has 19 heavy (non-hydrogen) atoms. The van der Waals surface area contributed by atoms with E-state index >= 15 is 0 Å². The van der Waals surface area contributed by atoms with Crippen LogP contribution in [0, 0.1) is 6.92 Å². The molecule has 1 N–H and O–H groups in total. The van der Waals surface area contributed by atoms with Crippen LogP contribution in [-0.4, -0.2) is 6.54 Å². The lowest BCUT2D eigenvalue weighted by Gasteiger charge is -2.18. The first-order valence-corrected chi connectivity index (χ1v) is 8.74. The van der Waals surface area contributed by atoms with E-state index in [0.29, 0.717) is 0 Å². The van der Waals surface area contributed by atoms with Crippen LogP contribution in [0.3, 0.4) is 0 Å². The van der Waals surface area contributed by atoms with Crippen LogP contribution in [0.5, 0.6) is 0 Å². The SMILES string of the molecule is CCNC(c1cc(Cl)cc(Br)c1)c1sc(C)cc1Br.